The first-order chi connectivity index (χ1) is 8.88. The molecule has 0 bridgehead atoms. The van der Waals surface area contributed by atoms with Gasteiger partial charge < -0.3 is 0 Å². The van der Waals surface area contributed by atoms with Crippen molar-refractivity contribution in [3.8, 4) is 12.1 Å². The van der Waals surface area contributed by atoms with Crippen LogP contribution in [0.15, 0.2) is 0 Å². The molecule has 4 heteroatoms. The van der Waals surface area contributed by atoms with Crippen LogP contribution in [-0.4, -0.2) is 4.98 Å². The van der Waals surface area contributed by atoms with Gasteiger partial charge in [-0.1, -0.05) is 32.4 Å². The Morgan fingerprint density at radius 2 is 1.84 bits per heavy atom. The summed E-state index contributed by atoms with van der Waals surface area (Å²) in [6.07, 6.45) is 2.69. The molecule has 0 saturated heterocycles. The Balaban J connectivity index is 2.56. The van der Waals surface area contributed by atoms with E-state index in [9.17, 15) is 5.26 Å². The van der Waals surface area contributed by atoms with Gasteiger partial charge in [0.25, 0.3) is 0 Å². The Bertz CT molecular complexity index is 600. The van der Waals surface area contributed by atoms with E-state index in [4.69, 9.17) is 16.9 Å². The van der Waals surface area contributed by atoms with Crippen molar-refractivity contribution in [2.75, 3.05) is 0 Å². The van der Waals surface area contributed by atoms with Gasteiger partial charge in [-0.05, 0) is 36.2 Å². The van der Waals surface area contributed by atoms with E-state index in [-0.39, 0.29) is 16.1 Å². The van der Waals surface area contributed by atoms with Gasteiger partial charge in [0.05, 0.1) is 5.56 Å². The quantitative estimate of drug-likeness (QED) is 0.678. The first-order valence-electron chi connectivity index (χ1n) is 6.40. The van der Waals surface area contributed by atoms with E-state index in [1.165, 1.54) is 0 Å². The van der Waals surface area contributed by atoms with Crippen LogP contribution in [0.4, 0.5) is 0 Å². The summed E-state index contributed by atoms with van der Waals surface area (Å²) < 4.78 is 0. The molecule has 0 amide bonds. The number of nitrogens with zero attached hydrogens (tertiary/aromatic N) is 3. The molecule has 3 nitrogen and oxygen atoms in total. The van der Waals surface area contributed by atoms with Crippen LogP contribution in [0.2, 0.25) is 5.15 Å². The highest BCUT2D eigenvalue weighted by atomic mass is 35.5. The highest BCUT2D eigenvalue weighted by molar-refractivity contribution is 6.30. The minimum atomic E-state index is 0.159. The molecule has 1 aromatic rings. The monoisotopic (exact) mass is 273 g/mol. The van der Waals surface area contributed by atoms with Crippen molar-refractivity contribution < 1.29 is 0 Å². The molecule has 0 saturated carbocycles. The molecule has 1 aliphatic rings. The van der Waals surface area contributed by atoms with Crippen LogP contribution in [0, 0.1) is 34.0 Å². The van der Waals surface area contributed by atoms with E-state index >= 15 is 0 Å². The fraction of sp³-hybridized carbons (Fsp3) is 0.533. The van der Waals surface area contributed by atoms with Crippen molar-refractivity contribution in [1.82, 2.24) is 4.98 Å². The van der Waals surface area contributed by atoms with Gasteiger partial charge in [-0.3, -0.25) is 0 Å². The number of aromatic nitrogens is 1. The Kier molecular flexibility index (Phi) is 3.52. The fourth-order valence-corrected chi connectivity index (χ4v) is 2.93. The first-order valence-corrected chi connectivity index (χ1v) is 6.77. The summed E-state index contributed by atoms with van der Waals surface area (Å²) >= 11 is 5.99. The minimum Gasteiger partial charge on any atom is -0.239 e. The average molecular weight is 274 g/mol. The van der Waals surface area contributed by atoms with E-state index in [2.05, 4.69) is 31.8 Å². The molecule has 0 spiro atoms. The van der Waals surface area contributed by atoms with Crippen LogP contribution in [0.5, 0.6) is 0 Å². The number of aryl methyl sites for hydroxylation is 1. The molecule has 0 aromatic carbocycles. The Labute approximate surface area is 118 Å². The van der Waals surface area contributed by atoms with Crippen molar-refractivity contribution in [3.05, 3.63) is 27.5 Å². The molecule has 0 fully saturated rings. The Morgan fingerprint density at radius 3 is 2.37 bits per heavy atom. The summed E-state index contributed by atoms with van der Waals surface area (Å²) in [6.45, 7) is 6.63. The van der Waals surface area contributed by atoms with Gasteiger partial charge in [0.1, 0.15) is 22.9 Å². The Hall–Kier alpha value is -1.58. The number of fused-ring (bicyclic) bond motifs is 1. The molecule has 0 N–H and O–H groups in total. The van der Waals surface area contributed by atoms with Gasteiger partial charge >= 0.3 is 0 Å². The van der Waals surface area contributed by atoms with Crippen LogP contribution in [0.3, 0.4) is 0 Å². The third-order valence-corrected chi connectivity index (χ3v) is 4.24. The largest absolute Gasteiger partial charge is 0.239 e. The summed E-state index contributed by atoms with van der Waals surface area (Å²) in [5.74, 6) is 0.501. The van der Waals surface area contributed by atoms with Gasteiger partial charge in [0.2, 0.25) is 0 Å². The second-order valence-corrected chi connectivity index (χ2v) is 6.47. The normalized spacial score (nSPS) is 18.3. The number of halogens is 1. The summed E-state index contributed by atoms with van der Waals surface area (Å²) in [7, 11) is 0. The van der Waals surface area contributed by atoms with E-state index in [1.54, 1.807) is 0 Å². The van der Waals surface area contributed by atoms with E-state index in [1.807, 2.05) is 6.07 Å². The van der Waals surface area contributed by atoms with Gasteiger partial charge in [-0.25, -0.2) is 4.98 Å². The molecule has 1 atom stereocenters. The molecule has 0 unspecified atom stereocenters. The van der Waals surface area contributed by atoms with Crippen molar-refractivity contribution in [3.63, 3.8) is 0 Å². The SMILES string of the molecule is CC(C)(C)[C@@H]1CCc2nc(Cl)c(C#N)c(C#N)c2C1. The number of hydrogen-bond donors (Lipinski definition) is 0. The second-order valence-electron chi connectivity index (χ2n) is 6.11. The van der Waals surface area contributed by atoms with Crippen LogP contribution >= 0.6 is 11.6 Å². The van der Waals surface area contributed by atoms with Crippen LogP contribution in [0.1, 0.15) is 49.6 Å². The highest BCUT2D eigenvalue weighted by Crippen LogP contribution is 2.39. The zero-order chi connectivity index (χ0) is 14.2. The predicted octanol–water partition coefficient (Wildman–Crippen LogP) is 3.63. The molecule has 98 valence electrons. The van der Waals surface area contributed by atoms with Crippen LogP contribution in [-0.2, 0) is 12.8 Å². The first kappa shape index (κ1) is 13.8. The van der Waals surface area contributed by atoms with Gasteiger partial charge in [-0.15, -0.1) is 0 Å². The second kappa shape index (κ2) is 4.83. The van der Waals surface area contributed by atoms with Gasteiger partial charge in [-0.2, -0.15) is 10.5 Å². The average Bonchev–Trinajstić information content (AvgIpc) is 2.35. The maximum Gasteiger partial charge on any atom is 0.148 e. The minimum absolute atomic E-state index is 0.159. The highest BCUT2D eigenvalue weighted by Gasteiger charge is 2.32. The van der Waals surface area contributed by atoms with Crippen molar-refractivity contribution in [1.29, 1.82) is 10.5 Å². The number of pyridine rings is 1. The Morgan fingerprint density at radius 1 is 1.21 bits per heavy atom. The molecule has 19 heavy (non-hydrogen) atoms. The van der Waals surface area contributed by atoms with Gasteiger partial charge in [0.15, 0.2) is 0 Å². The predicted molar refractivity (Wildman–Crippen MR) is 73.6 cm³/mol. The number of nitriles is 2. The molecular weight excluding hydrogens is 258 g/mol. The fourth-order valence-electron chi connectivity index (χ4n) is 2.69. The summed E-state index contributed by atoms with van der Waals surface area (Å²) in [6, 6.07) is 4.14. The lowest BCUT2D eigenvalue weighted by molar-refractivity contribution is 0.214. The lowest BCUT2D eigenvalue weighted by atomic mass is 9.70. The maximum absolute atomic E-state index is 9.33. The van der Waals surface area contributed by atoms with Gasteiger partial charge in [0, 0.05) is 5.69 Å². The molecule has 0 aliphatic heterocycles. The summed E-state index contributed by atoms with van der Waals surface area (Å²) in [5, 5.41) is 18.6. The number of hydrogen-bond acceptors (Lipinski definition) is 3. The van der Waals surface area contributed by atoms with E-state index in [0.717, 1.165) is 30.5 Å². The van der Waals surface area contributed by atoms with Crippen molar-refractivity contribution in [2.45, 2.75) is 40.0 Å². The summed E-state index contributed by atoms with van der Waals surface area (Å²) in [4.78, 5) is 4.30. The molecular formula is C15H16ClN3. The van der Waals surface area contributed by atoms with Crippen LogP contribution in [0.25, 0.3) is 0 Å². The maximum atomic E-state index is 9.33. The van der Waals surface area contributed by atoms with Crippen molar-refractivity contribution in [2.24, 2.45) is 11.3 Å². The third kappa shape index (κ3) is 2.44. The van der Waals surface area contributed by atoms with E-state index < -0.39 is 0 Å². The topological polar surface area (TPSA) is 60.5 Å². The van der Waals surface area contributed by atoms with Crippen molar-refractivity contribution >= 4 is 11.6 Å². The lowest BCUT2D eigenvalue weighted by Crippen LogP contribution is -2.28. The standard InChI is InChI=1S/C15H16ClN3/c1-15(2,3)9-4-5-13-10(6-9)11(7-17)12(8-18)14(16)19-13/h9H,4-6H2,1-3H3/t9-/m1/s1. The third-order valence-electron chi connectivity index (χ3n) is 3.97. The summed E-state index contributed by atoms with van der Waals surface area (Å²) in [5.41, 5.74) is 2.65. The molecule has 0 radical (unpaired) electrons. The number of rotatable bonds is 0. The zero-order valence-electron chi connectivity index (χ0n) is 11.4. The van der Waals surface area contributed by atoms with Crippen LogP contribution < -0.4 is 0 Å². The molecule has 2 rings (SSSR count). The zero-order valence-corrected chi connectivity index (χ0v) is 12.2. The molecule has 1 aromatic heterocycles. The molecule has 1 aliphatic carbocycles. The molecule has 1 heterocycles. The smallest absolute Gasteiger partial charge is 0.148 e. The lowest BCUT2D eigenvalue weighted by Gasteiger charge is -2.35. The van der Waals surface area contributed by atoms with E-state index in [0.29, 0.717) is 11.5 Å².